The highest BCUT2D eigenvalue weighted by atomic mass is 16.2. The maximum atomic E-state index is 12.2. The van der Waals surface area contributed by atoms with E-state index in [9.17, 15) is 9.59 Å². The molecule has 2 aliphatic carbocycles. The third-order valence-corrected chi connectivity index (χ3v) is 5.10. The van der Waals surface area contributed by atoms with Gasteiger partial charge in [0.2, 0.25) is 11.8 Å². The summed E-state index contributed by atoms with van der Waals surface area (Å²) < 4.78 is 0. The van der Waals surface area contributed by atoms with Gasteiger partial charge in [0, 0.05) is 26.6 Å². The van der Waals surface area contributed by atoms with Crippen molar-refractivity contribution in [1.29, 1.82) is 0 Å². The number of carbonyl (C=O) groups excluding carboxylic acids is 2. The molecule has 0 radical (unpaired) electrons. The Morgan fingerprint density at radius 2 is 2.22 bits per heavy atom. The zero-order chi connectivity index (χ0) is 12.7. The van der Waals surface area contributed by atoms with E-state index in [1.54, 1.807) is 0 Å². The minimum atomic E-state index is -0.124. The van der Waals surface area contributed by atoms with Crippen molar-refractivity contribution in [1.82, 2.24) is 10.2 Å². The minimum absolute atomic E-state index is 0.0154. The van der Waals surface area contributed by atoms with Crippen LogP contribution in [-0.4, -0.2) is 36.9 Å². The van der Waals surface area contributed by atoms with E-state index < -0.39 is 0 Å². The topological polar surface area (TPSA) is 49.4 Å². The second-order valence-electron chi connectivity index (χ2n) is 6.36. The Balaban J connectivity index is 1.53. The van der Waals surface area contributed by atoms with Crippen molar-refractivity contribution in [3.63, 3.8) is 0 Å². The summed E-state index contributed by atoms with van der Waals surface area (Å²) in [5.74, 6) is 2.54. The van der Waals surface area contributed by atoms with E-state index in [0.29, 0.717) is 18.9 Å². The number of amides is 2. The monoisotopic (exact) mass is 250 g/mol. The first-order valence-electron chi connectivity index (χ1n) is 7.15. The van der Waals surface area contributed by atoms with Crippen molar-refractivity contribution in [2.75, 3.05) is 20.1 Å². The largest absolute Gasteiger partial charge is 0.355 e. The molecule has 100 valence electrons. The third-order valence-electron chi connectivity index (χ3n) is 5.10. The summed E-state index contributed by atoms with van der Waals surface area (Å²) in [5, 5.41) is 2.74. The molecule has 4 unspecified atom stereocenters. The van der Waals surface area contributed by atoms with Gasteiger partial charge in [0.1, 0.15) is 0 Å². The van der Waals surface area contributed by atoms with E-state index in [-0.39, 0.29) is 17.7 Å². The summed E-state index contributed by atoms with van der Waals surface area (Å²) in [7, 11) is 1.90. The highest BCUT2D eigenvalue weighted by Crippen LogP contribution is 2.48. The molecule has 1 saturated heterocycles. The number of fused-ring (bicyclic) bond motifs is 2. The van der Waals surface area contributed by atoms with Crippen molar-refractivity contribution in [3.05, 3.63) is 0 Å². The van der Waals surface area contributed by atoms with Gasteiger partial charge in [-0.25, -0.2) is 0 Å². The Hall–Kier alpha value is -1.06. The first kappa shape index (κ1) is 12.0. The smallest absolute Gasteiger partial charge is 0.227 e. The maximum Gasteiger partial charge on any atom is 0.227 e. The molecule has 3 fully saturated rings. The van der Waals surface area contributed by atoms with Gasteiger partial charge in [0.25, 0.3) is 0 Å². The molecule has 4 heteroatoms. The molecule has 0 aromatic carbocycles. The number of hydrogen-bond donors (Lipinski definition) is 1. The van der Waals surface area contributed by atoms with E-state index in [2.05, 4.69) is 5.32 Å². The molecule has 1 N–H and O–H groups in total. The summed E-state index contributed by atoms with van der Waals surface area (Å²) in [5.41, 5.74) is 0. The van der Waals surface area contributed by atoms with Crippen LogP contribution in [0, 0.1) is 23.7 Å². The Labute approximate surface area is 108 Å². The summed E-state index contributed by atoms with van der Waals surface area (Å²) in [6, 6.07) is 0. The van der Waals surface area contributed by atoms with Crippen molar-refractivity contribution >= 4 is 11.8 Å². The molecule has 3 rings (SSSR count). The molecule has 2 amide bonds. The van der Waals surface area contributed by atoms with Gasteiger partial charge in [-0.1, -0.05) is 6.42 Å². The Bertz CT molecular complexity index is 369. The molecule has 0 spiro atoms. The minimum Gasteiger partial charge on any atom is -0.355 e. The van der Waals surface area contributed by atoms with Crippen LogP contribution in [-0.2, 0) is 9.59 Å². The first-order valence-corrected chi connectivity index (χ1v) is 7.15. The van der Waals surface area contributed by atoms with Gasteiger partial charge in [-0.15, -0.1) is 0 Å². The molecule has 4 nitrogen and oxygen atoms in total. The summed E-state index contributed by atoms with van der Waals surface area (Å²) in [6.07, 6.45) is 5.83. The zero-order valence-corrected chi connectivity index (χ0v) is 11.0. The number of hydrogen-bond acceptors (Lipinski definition) is 2. The maximum absolute atomic E-state index is 12.2. The van der Waals surface area contributed by atoms with Gasteiger partial charge >= 0.3 is 0 Å². The van der Waals surface area contributed by atoms with E-state index in [0.717, 1.165) is 18.4 Å². The second-order valence-corrected chi connectivity index (χ2v) is 6.36. The fraction of sp³-hybridized carbons (Fsp3) is 0.857. The van der Waals surface area contributed by atoms with Gasteiger partial charge in [-0.05, 0) is 37.0 Å². The lowest BCUT2D eigenvalue weighted by Crippen LogP contribution is -2.38. The van der Waals surface area contributed by atoms with Crippen molar-refractivity contribution in [2.24, 2.45) is 23.7 Å². The average Bonchev–Trinajstić information content (AvgIpc) is 3.03. The molecule has 0 aromatic rings. The normalized spacial score (nSPS) is 37.9. The number of rotatable bonds is 3. The van der Waals surface area contributed by atoms with Gasteiger partial charge in [-0.3, -0.25) is 9.59 Å². The number of nitrogens with zero attached hydrogens (tertiary/aromatic N) is 1. The molecule has 4 atom stereocenters. The summed E-state index contributed by atoms with van der Waals surface area (Å²) >= 11 is 0. The lowest BCUT2D eigenvalue weighted by atomic mass is 9.88. The van der Waals surface area contributed by atoms with Crippen LogP contribution in [0.25, 0.3) is 0 Å². The lowest BCUT2D eigenvalue weighted by molar-refractivity contribution is -0.135. The molecular formula is C14H22N2O2. The van der Waals surface area contributed by atoms with Gasteiger partial charge in [0.15, 0.2) is 0 Å². The standard InChI is InChI=1S/C14H22N2O2/c1-16(14(18)11-6-13(17)15-7-11)8-12-5-9-2-3-10(12)4-9/h9-12H,2-8H2,1H3,(H,15,17). The second kappa shape index (κ2) is 4.56. The van der Waals surface area contributed by atoms with Crippen LogP contribution >= 0.6 is 0 Å². The van der Waals surface area contributed by atoms with E-state index >= 15 is 0 Å². The van der Waals surface area contributed by atoms with Gasteiger partial charge in [-0.2, -0.15) is 0 Å². The number of nitrogens with one attached hydrogen (secondary N) is 1. The predicted octanol–water partition coefficient (Wildman–Crippen LogP) is 1.02. The molecule has 2 bridgehead atoms. The SMILES string of the molecule is CN(CC1CC2CCC1C2)C(=O)C1CNC(=O)C1. The van der Waals surface area contributed by atoms with Crippen LogP contribution in [0.15, 0.2) is 0 Å². The molecular weight excluding hydrogens is 228 g/mol. The highest BCUT2D eigenvalue weighted by Gasteiger charge is 2.40. The zero-order valence-electron chi connectivity index (χ0n) is 11.0. The molecule has 0 aromatic heterocycles. The van der Waals surface area contributed by atoms with Crippen molar-refractivity contribution in [3.8, 4) is 0 Å². The Morgan fingerprint density at radius 1 is 1.39 bits per heavy atom. The average molecular weight is 250 g/mol. The van der Waals surface area contributed by atoms with E-state index in [1.165, 1.54) is 25.7 Å². The lowest BCUT2D eigenvalue weighted by Gasteiger charge is -2.28. The van der Waals surface area contributed by atoms with Crippen molar-refractivity contribution < 1.29 is 9.59 Å². The van der Waals surface area contributed by atoms with Gasteiger partial charge < -0.3 is 10.2 Å². The van der Waals surface area contributed by atoms with E-state index in [4.69, 9.17) is 0 Å². The van der Waals surface area contributed by atoms with Crippen LogP contribution in [0.1, 0.15) is 32.1 Å². The first-order chi connectivity index (χ1) is 8.63. The Morgan fingerprint density at radius 3 is 2.78 bits per heavy atom. The molecule has 1 heterocycles. The van der Waals surface area contributed by atoms with E-state index in [1.807, 2.05) is 11.9 Å². The van der Waals surface area contributed by atoms with Crippen LogP contribution in [0.2, 0.25) is 0 Å². The fourth-order valence-corrected chi connectivity index (χ4v) is 4.13. The van der Waals surface area contributed by atoms with Crippen LogP contribution in [0.4, 0.5) is 0 Å². The summed E-state index contributed by atoms with van der Waals surface area (Å²) in [6.45, 7) is 1.42. The molecule has 18 heavy (non-hydrogen) atoms. The highest BCUT2D eigenvalue weighted by molar-refractivity contribution is 5.89. The molecule has 3 aliphatic rings. The summed E-state index contributed by atoms with van der Waals surface area (Å²) in [4.78, 5) is 25.2. The fourth-order valence-electron chi connectivity index (χ4n) is 4.13. The van der Waals surface area contributed by atoms with Crippen LogP contribution in [0.5, 0.6) is 0 Å². The Kier molecular flexibility index (Phi) is 3.04. The van der Waals surface area contributed by atoms with Crippen molar-refractivity contribution in [2.45, 2.75) is 32.1 Å². The molecule has 2 saturated carbocycles. The van der Waals surface area contributed by atoms with Gasteiger partial charge in [0.05, 0.1) is 5.92 Å². The number of carbonyl (C=O) groups is 2. The van der Waals surface area contributed by atoms with Crippen LogP contribution in [0.3, 0.4) is 0 Å². The predicted molar refractivity (Wildman–Crippen MR) is 67.7 cm³/mol. The third kappa shape index (κ3) is 2.13. The molecule has 1 aliphatic heterocycles. The van der Waals surface area contributed by atoms with Crippen LogP contribution < -0.4 is 5.32 Å². The quantitative estimate of drug-likeness (QED) is 0.813.